The van der Waals surface area contributed by atoms with Crippen molar-refractivity contribution in [2.75, 3.05) is 6.61 Å². The van der Waals surface area contributed by atoms with Crippen molar-refractivity contribution in [3.63, 3.8) is 0 Å². The quantitative estimate of drug-likeness (QED) is 0.775. The molecule has 0 radical (unpaired) electrons. The number of nitrogens with two attached hydrogens (primary N) is 1. The zero-order valence-electron chi connectivity index (χ0n) is 15.6. The van der Waals surface area contributed by atoms with Crippen LogP contribution in [0.1, 0.15) is 41.5 Å². The Balaban J connectivity index is 4.63. The molecule has 2 N–H and O–H groups in total. The first-order chi connectivity index (χ1) is 9.01. The van der Waals surface area contributed by atoms with E-state index >= 15 is 0 Å². The lowest BCUT2D eigenvalue weighted by atomic mass is 10.2. The molecule has 0 aromatic rings. The van der Waals surface area contributed by atoms with Crippen molar-refractivity contribution in [1.29, 1.82) is 0 Å². The van der Waals surface area contributed by atoms with E-state index in [0.717, 1.165) is 0 Å². The van der Waals surface area contributed by atoms with Crippen LogP contribution in [0, 0.1) is 0 Å². The van der Waals surface area contributed by atoms with Crippen LogP contribution in [-0.2, 0) is 13.6 Å². The van der Waals surface area contributed by atoms with Crippen molar-refractivity contribution in [3.05, 3.63) is 0 Å². The van der Waals surface area contributed by atoms with E-state index in [-0.39, 0.29) is 22.7 Å². The van der Waals surface area contributed by atoms with Crippen molar-refractivity contribution in [2.24, 2.45) is 5.73 Å². The first kappa shape index (κ1) is 20.8. The summed E-state index contributed by atoms with van der Waals surface area (Å²) in [5.74, 6) is -0.333. The van der Waals surface area contributed by atoms with Crippen LogP contribution < -0.4 is 5.73 Å². The van der Waals surface area contributed by atoms with E-state index in [1.807, 2.05) is 13.1 Å². The van der Waals surface area contributed by atoms with Crippen LogP contribution in [0.2, 0.25) is 36.3 Å². The van der Waals surface area contributed by atoms with Gasteiger partial charge < -0.3 is 14.6 Å². The molecule has 4 nitrogen and oxygen atoms in total. The third-order valence-electron chi connectivity index (χ3n) is 4.89. The summed E-state index contributed by atoms with van der Waals surface area (Å²) in [4.78, 5) is 12.2. The van der Waals surface area contributed by atoms with E-state index in [2.05, 4.69) is 54.6 Å². The Kier molecular flexibility index (Phi) is 6.46. The summed E-state index contributed by atoms with van der Waals surface area (Å²) >= 11 is 0. The summed E-state index contributed by atoms with van der Waals surface area (Å²) in [6.07, 6.45) is 0. The third kappa shape index (κ3) is 5.85. The standard InChI is InChI=1S/C15H35NO3Si2/c1-14(2,3)20(7,8)18-11-12(16)13(17)19-21(9,10)15(4,5)6/h12H,11,16H2,1-10H3/t12-/m0/s1. The molecule has 0 aliphatic heterocycles. The highest BCUT2D eigenvalue weighted by Gasteiger charge is 2.42. The van der Waals surface area contributed by atoms with Crippen molar-refractivity contribution in [2.45, 2.75) is 83.8 Å². The summed E-state index contributed by atoms with van der Waals surface area (Å²) in [5.41, 5.74) is 5.96. The maximum absolute atomic E-state index is 12.2. The Morgan fingerprint density at radius 3 is 1.67 bits per heavy atom. The van der Waals surface area contributed by atoms with Gasteiger partial charge in [-0.1, -0.05) is 41.5 Å². The van der Waals surface area contributed by atoms with Crippen LogP contribution >= 0.6 is 0 Å². The lowest BCUT2D eigenvalue weighted by molar-refractivity contribution is -0.137. The predicted molar refractivity (Wildman–Crippen MR) is 94.4 cm³/mol. The Labute approximate surface area is 133 Å². The molecule has 0 spiro atoms. The fraction of sp³-hybridized carbons (Fsp3) is 0.933. The summed E-state index contributed by atoms with van der Waals surface area (Å²) in [5, 5.41) is 0.0960. The molecular weight excluding hydrogens is 298 g/mol. The second-order valence-electron chi connectivity index (χ2n) is 8.86. The van der Waals surface area contributed by atoms with Gasteiger partial charge >= 0.3 is 5.97 Å². The average Bonchev–Trinajstić information content (AvgIpc) is 2.21. The van der Waals surface area contributed by atoms with Gasteiger partial charge in [-0.05, 0) is 36.3 Å². The molecule has 0 amide bonds. The van der Waals surface area contributed by atoms with E-state index in [1.165, 1.54) is 0 Å². The molecule has 0 aliphatic carbocycles. The Hall–Kier alpha value is -0.176. The van der Waals surface area contributed by atoms with Crippen LogP contribution in [0.15, 0.2) is 0 Å². The van der Waals surface area contributed by atoms with E-state index in [1.54, 1.807) is 0 Å². The van der Waals surface area contributed by atoms with Crippen molar-refractivity contribution < 1.29 is 13.6 Å². The van der Waals surface area contributed by atoms with E-state index in [4.69, 9.17) is 14.6 Å². The van der Waals surface area contributed by atoms with Gasteiger partial charge in [0.1, 0.15) is 6.04 Å². The van der Waals surface area contributed by atoms with Crippen molar-refractivity contribution in [1.82, 2.24) is 0 Å². The number of rotatable bonds is 5. The van der Waals surface area contributed by atoms with Gasteiger partial charge in [-0.3, -0.25) is 4.79 Å². The normalized spacial score (nSPS) is 15.8. The summed E-state index contributed by atoms with van der Waals surface area (Å²) in [6.45, 7) is 21.4. The smallest absolute Gasteiger partial charge is 0.311 e. The van der Waals surface area contributed by atoms with Gasteiger partial charge in [0.2, 0.25) is 0 Å². The third-order valence-corrected chi connectivity index (χ3v) is 13.7. The summed E-state index contributed by atoms with van der Waals surface area (Å²) in [7, 11) is -4.00. The van der Waals surface area contributed by atoms with Gasteiger partial charge in [0.05, 0.1) is 6.61 Å². The van der Waals surface area contributed by atoms with Crippen molar-refractivity contribution in [3.8, 4) is 0 Å². The first-order valence-electron chi connectivity index (χ1n) is 7.64. The molecule has 0 saturated heterocycles. The number of hydrogen-bond acceptors (Lipinski definition) is 4. The molecular formula is C15H35NO3Si2. The summed E-state index contributed by atoms with van der Waals surface area (Å²) < 4.78 is 11.7. The molecule has 126 valence electrons. The molecule has 0 bridgehead atoms. The second-order valence-corrected chi connectivity index (χ2v) is 18.4. The fourth-order valence-corrected chi connectivity index (χ4v) is 3.05. The van der Waals surface area contributed by atoms with Gasteiger partial charge in [0.25, 0.3) is 8.32 Å². The van der Waals surface area contributed by atoms with Gasteiger partial charge in [0, 0.05) is 0 Å². The Morgan fingerprint density at radius 2 is 1.33 bits per heavy atom. The maximum Gasteiger partial charge on any atom is 0.311 e. The number of carbonyl (C=O) groups excluding carboxylic acids is 1. The Bertz CT molecular complexity index is 368. The number of hydrogen-bond donors (Lipinski definition) is 1. The number of carbonyl (C=O) groups is 1. The average molecular weight is 334 g/mol. The highest BCUT2D eigenvalue weighted by atomic mass is 28.4. The van der Waals surface area contributed by atoms with Crippen LogP contribution in [0.3, 0.4) is 0 Å². The van der Waals surface area contributed by atoms with E-state index < -0.39 is 22.7 Å². The largest absolute Gasteiger partial charge is 0.518 e. The molecule has 0 aromatic carbocycles. The highest BCUT2D eigenvalue weighted by molar-refractivity contribution is 6.75. The SMILES string of the molecule is CC(C)(C)[Si](C)(C)OC[C@H](N)C(=O)O[Si](C)(C)C(C)(C)C. The zero-order valence-corrected chi connectivity index (χ0v) is 17.6. The molecule has 6 heteroatoms. The summed E-state index contributed by atoms with van der Waals surface area (Å²) in [6, 6.07) is -0.701. The molecule has 1 atom stereocenters. The maximum atomic E-state index is 12.2. The van der Waals surface area contributed by atoms with E-state index in [0.29, 0.717) is 0 Å². The molecule has 0 heterocycles. The topological polar surface area (TPSA) is 61.5 Å². The molecule has 0 aliphatic rings. The predicted octanol–water partition coefficient (Wildman–Crippen LogP) is 3.88. The monoisotopic (exact) mass is 333 g/mol. The van der Waals surface area contributed by atoms with Crippen LogP contribution in [0.5, 0.6) is 0 Å². The molecule has 0 unspecified atom stereocenters. The van der Waals surface area contributed by atoms with Crippen molar-refractivity contribution >= 4 is 22.6 Å². The molecule has 0 rings (SSSR count). The molecule has 21 heavy (non-hydrogen) atoms. The van der Waals surface area contributed by atoms with E-state index in [9.17, 15) is 4.79 Å². The minimum Gasteiger partial charge on any atom is -0.518 e. The highest BCUT2D eigenvalue weighted by Crippen LogP contribution is 2.37. The molecule has 0 saturated carbocycles. The van der Waals surface area contributed by atoms with Crippen LogP contribution in [-0.4, -0.2) is 35.3 Å². The zero-order chi connectivity index (χ0) is 17.3. The van der Waals surface area contributed by atoms with Gasteiger partial charge in [0.15, 0.2) is 8.32 Å². The first-order valence-corrected chi connectivity index (χ1v) is 13.5. The van der Waals surface area contributed by atoms with Gasteiger partial charge in [-0.25, -0.2) is 0 Å². The molecule has 0 fully saturated rings. The van der Waals surface area contributed by atoms with Crippen LogP contribution in [0.25, 0.3) is 0 Å². The minimum absolute atomic E-state index is 0.0112. The minimum atomic E-state index is -2.12. The second kappa shape index (κ2) is 6.52. The van der Waals surface area contributed by atoms with Crippen LogP contribution in [0.4, 0.5) is 0 Å². The lowest BCUT2D eigenvalue weighted by Gasteiger charge is -2.38. The Morgan fingerprint density at radius 1 is 0.952 bits per heavy atom. The van der Waals surface area contributed by atoms with Gasteiger partial charge in [-0.15, -0.1) is 0 Å². The van der Waals surface area contributed by atoms with Gasteiger partial charge in [-0.2, -0.15) is 0 Å². The fourth-order valence-electron chi connectivity index (χ4n) is 1.06. The molecule has 0 aromatic heterocycles. The lowest BCUT2D eigenvalue weighted by Crippen LogP contribution is -2.50.